The average Bonchev–Trinajstić information content (AvgIpc) is 2.94. The maximum atomic E-state index is 11.9. The van der Waals surface area contributed by atoms with Gasteiger partial charge in [-0.15, -0.1) is 11.8 Å². The largest absolute Gasteiger partial charge is 0.481 e. The second-order valence-electron chi connectivity index (χ2n) is 4.33. The lowest BCUT2D eigenvalue weighted by Gasteiger charge is -2.16. The van der Waals surface area contributed by atoms with Gasteiger partial charge in [0.05, 0.1) is 10.0 Å². The van der Waals surface area contributed by atoms with Crippen LogP contribution in [0.2, 0.25) is 10.0 Å². The molecule has 1 fully saturated rings. The topological polar surface area (TPSA) is 38.8 Å². The van der Waals surface area contributed by atoms with Crippen molar-refractivity contribution in [2.24, 2.45) is 0 Å². The summed E-state index contributed by atoms with van der Waals surface area (Å²) in [6.07, 6.45) is 3.54. The Morgan fingerprint density at radius 3 is 2.55 bits per heavy atom. The van der Waals surface area contributed by atoms with Gasteiger partial charge in [-0.25, -0.2) is 4.79 Å². The highest BCUT2D eigenvalue weighted by molar-refractivity contribution is 7.98. The molecule has 2 rings (SSSR count). The fourth-order valence-corrected chi connectivity index (χ4v) is 2.60. The Morgan fingerprint density at radius 2 is 1.90 bits per heavy atom. The van der Waals surface area contributed by atoms with Gasteiger partial charge in [0, 0.05) is 19.2 Å². The highest BCUT2D eigenvalue weighted by Crippen LogP contribution is 2.36. The van der Waals surface area contributed by atoms with Gasteiger partial charge in [0.1, 0.15) is 11.7 Å². The lowest BCUT2D eigenvalue weighted by atomic mass is 10.3. The van der Waals surface area contributed by atoms with Crippen LogP contribution in [0, 0.1) is 0 Å². The zero-order valence-electron chi connectivity index (χ0n) is 11.0. The van der Waals surface area contributed by atoms with Gasteiger partial charge in [0.2, 0.25) is 0 Å². The fraction of sp³-hybridized carbons (Fsp3) is 0.462. The minimum absolute atomic E-state index is 0.268. The minimum Gasteiger partial charge on any atom is -0.481 e. The van der Waals surface area contributed by atoms with E-state index in [-0.39, 0.29) is 11.8 Å². The number of amides is 1. The zero-order valence-corrected chi connectivity index (χ0v) is 13.4. The number of rotatable bonds is 4. The third-order valence-corrected chi connectivity index (χ3v) is 3.82. The van der Waals surface area contributed by atoms with Crippen molar-refractivity contribution in [2.75, 3.05) is 25.3 Å². The van der Waals surface area contributed by atoms with E-state index in [0.29, 0.717) is 21.7 Å². The number of ether oxygens (including phenoxy) is 2. The quantitative estimate of drug-likeness (QED) is 0.769. The van der Waals surface area contributed by atoms with E-state index in [1.807, 2.05) is 6.26 Å². The summed E-state index contributed by atoms with van der Waals surface area (Å²) in [7, 11) is 0. The molecule has 0 aromatic heterocycles. The molecule has 1 amide bonds. The van der Waals surface area contributed by atoms with Gasteiger partial charge in [-0.2, -0.15) is 0 Å². The number of halogens is 2. The Morgan fingerprint density at radius 1 is 1.25 bits per heavy atom. The van der Waals surface area contributed by atoms with Crippen molar-refractivity contribution in [3.8, 4) is 11.5 Å². The predicted octanol–water partition coefficient (Wildman–Crippen LogP) is 4.29. The smallest absolute Gasteiger partial charge is 0.415 e. The molecule has 0 N–H and O–H groups in total. The Labute approximate surface area is 132 Å². The summed E-state index contributed by atoms with van der Waals surface area (Å²) >= 11 is 13.6. The molecule has 1 aromatic rings. The molecule has 1 aliphatic rings. The van der Waals surface area contributed by atoms with E-state index >= 15 is 0 Å². The lowest BCUT2D eigenvalue weighted by Crippen LogP contribution is -2.30. The molecule has 0 atom stereocenters. The summed E-state index contributed by atoms with van der Waals surface area (Å²) in [4.78, 5) is 13.6. The van der Waals surface area contributed by atoms with E-state index in [9.17, 15) is 4.79 Å². The van der Waals surface area contributed by atoms with Crippen molar-refractivity contribution in [2.45, 2.75) is 12.8 Å². The third kappa shape index (κ3) is 3.87. The Kier molecular flexibility index (Phi) is 5.69. The summed E-state index contributed by atoms with van der Waals surface area (Å²) in [5, 5.41) is 0.684. The van der Waals surface area contributed by atoms with Crippen LogP contribution in [0.5, 0.6) is 11.5 Å². The van der Waals surface area contributed by atoms with Crippen LogP contribution in [0.1, 0.15) is 12.8 Å². The second-order valence-corrected chi connectivity index (χ2v) is 5.95. The van der Waals surface area contributed by atoms with Gasteiger partial charge in [-0.3, -0.25) is 0 Å². The zero-order chi connectivity index (χ0) is 14.5. The van der Waals surface area contributed by atoms with Crippen LogP contribution < -0.4 is 9.47 Å². The second kappa shape index (κ2) is 7.29. The van der Waals surface area contributed by atoms with E-state index in [2.05, 4.69) is 0 Å². The number of carbonyl (C=O) groups excluding carboxylic acids is 1. The van der Waals surface area contributed by atoms with Gasteiger partial charge < -0.3 is 14.4 Å². The fourth-order valence-electron chi connectivity index (χ4n) is 1.88. The number of nitrogens with zero attached hydrogens (tertiary/aromatic N) is 1. The average molecular weight is 336 g/mol. The van der Waals surface area contributed by atoms with Crippen LogP contribution in [0.25, 0.3) is 0 Å². The van der Waals surface area contributed by atoms with E-state index in [4.69, 9.17) is 32.7 Å². The lowest BCUT2D eigenvalue weighted by molar-refractivity contribution is 0.162. The number of carbonyl (C=O) groups is 1. The molecule has 0 bridgehead atoms. The van der Waals surface area contributed by atoms with E-state index in [0.717, 1.165) is 25.9 Å². The molecule has 0 saturated carbocycles. The van der Waals surface area contributed by atoms with Crippen molar-refractivity contribution in [1.82, 2.24) is 4.90 Å². The Hall–Kier alpha value is -0.780. The standard InChI is InChI=1S/C13H15Cl2NO3S/c1-20-8-18-11-7-12(10(15)6-9(11)14)19-13(17)16-4-2-3-5-16/h6-7H,2-5,8H2,1H3. The molecule has 0 unspecified atom stereocenters. The first-order valence-electron chi connectivity index (χ1n) is 6.19. The van der Waals surface area contributed by atoms with E-state index in [1.54, 1.807) is 11.0 Å². The number of likely N-dealkylation sites (tertiary alicyclic amines) is 1. The molecule has 7 heteroatoms. The van der Waals surface area contributed by atoms with Crippen molar-refractivity contribution >= 4 is 41.1 Å². The molecule has 0 aliphatic carbocycles. The maximum absolute atomic E-state index is 11.9. The molecule has 4 nitrogen and oxygen atoms in total. The number of benzene rings is 1. The van der Waals surface area contributed by atoms with Gasteiger partial charge in [0.15, 0.2) is 5.75 Å². The molecule has 1 saturated heterocycles. The molecule has 0 spiro atoms. The minimum atomic E-state index is -0.387. The molecule has 1 heterocycles. The molecule has 20 heavy (non-hydrogen) atoms. The normalized spacial score (nSPS) is 14.4. The van der Waals surface area contributed by atoms with Crippen LogP contribution >= 0.6 is 35.0 Å². The highest BCUT2D eigenvalue weighted by atomic mass is 35.5. The third-order valence-electron chi connectivity index (χ3n) is 2.88. The Bertz CT molecular complexity index is 493. The van der Waals surface area contributed by atoms with Crippen LogP contribution in [-0.4, -0.2) is 36.3 Å². The van der Waals surface area contributed by atoms with Crippen LogP contribution in [0.15, 0.2) is 12.1 Å². The van der Waals surface area contributed by atoms with Crippen molar-refractivity contribution in [3.05, 3.63) is 22.2 Å². The molecule has 110 valence electrons. The molecule has 1 aliphatic heterocycles. The first kappa shape index (κ1) is 15.6. The van der Waals surface area contributed by atoms with Crippen molar-refractivity contribution in [3.63, 3.8) is 0 Å². The van der Waals surface area contributed by atoms with Gasteiger partial charge >= 0.3 is 6.09 Å². The van der Waals surface area contributed by atoms with Crippen LogP contribution in [0.3, 0.4) is 0 Å². The van der Waals surface area contributed by atoms with Crippen LogP contribution in [0.4, 0.5) is 4.79 Å². The first-order valence-corrected chi connectivity index (χ1v) is 8.34. The molecular formula is C13H15Cl2NO3S. The SMILES string of the molecule is CSCOc1cc(OC(=O)N2CCCC2)c(Cl)cc1Cl. The van der Waals surface area contributed by atoms with Gasteiger partial charge in [-0.1, -0.05) is 23.2 Å². The molecule has 1 aromatic carbocycles. The predicted molar refractivity (Wildman–Crippen MR) is 82.3 cm³/mol. The van der Waals surface area contributed by atoms with Crippen molar-refractivity contribution < 1.29 is 14.3 Å². The monoisotopic (exact) mass is 335 g/mol. The van der Waals surface area contributed by atoms with Gasteiger partial charge in [-0.05, 0) is 25.2 Å². The summed E-state index contributed by atoms with van der Waals surface area (Å²) in [5.41, 5.74) is 0. The maximum Gasteiger partial charge on any atom is 0.415 e. The van der Waals surface area contributed by atoms with Crippen molar-refractivity contribution in [1.29, 1.82) is 0 Å². The van der Waals surface area contributed by atoms with Gasteiger partial charge in [0.25, 0.3) is 0 Å². The summed E-state index contributed by atoms with van der Waals surface area (Å²) in [5.74, 6) is 1.18. The summed E-state index contributed by atoms with van der Waals surface area (Å²) in [6, 6.07) is 3.07. The van der Waals surface area contributed by atoms with E-state index in [1.165, 1.54) is 17.8 Å². The summed E-state index contributed by atoms with van der Waals surface area (Å²) in [6.45, 7) is 1.44. The number of hydrogen-bond acceptors (Lipinski definition) is 4. The van der Waals surface area contributed by atoms with Crippen LogP contribution in [-0.2, 0) is 0 Å². The molecular weight excluding hydrogens is 321 g/mol. The highest BCUT2D eigenvalue weighted by Gasteiger charge is 2.21. The molecule has 0 radical (unpaired) electrons. The van der Waals surface area contributed by atoms with E-state index < -0.39 is 0 Å². The number of thioether (sulfide) groups is 1. The Balaban J connectivity index is 2.11. The summed E-state index contributed by atoms with van der Waals surface area (Å²) < 4.78 is 10.8. The number of hydrogen-bond donors (Lipinski definition) is 0. The first-order chi connectivity index (χ1) is 9.61.